The van der Waals surface area contributed by atoms with Crippen molar-refractivity contribution >= 4 is 5.95 Å². The number of nitrogens with zero attached hydrogens (tertiary/aromatic N) is 2. The van der Waals surface area contributed by atoms with E-state index in [4.69, 9.17) is 14.2 Å². The van der Waals surface area contributed by atoms with E-state index >= 15 is 0 Å². The topological polar surface area (TPSA) is 65.5 Å². The van der Waals surface area contributed by atoms with Gasteiger partial charge in [-0.15, -0.1) is 0 Å². The number of nitrogens with one attached hydrogen (secondary N) is 1. The van der Waals surface area contributed by atoms with Gasteiger partial charge in [0.15, 0.2) is 0 Å². The highest BCUT2D eigenvalue weighted by Crippen LogP contribution is 2.31. The van der Waals surface area contributed by atoms with Crippen LogP contribution in [0, 0.1) is 5.82 Å². The Labute approximate surface area is 174 Å². The Morgan fingerprint density at radius 2 is 1.87 bits per heavy atom. The van der Waals surface area contributed by atoms with Crippen LogP contribution in [-0.2, 0) is 20.8 Å². The van der Waals surface area contributed by atoms with Crippen LogP contribution >= 0.6 is 0 Å². The number of hydrogen-bond acceptors (Lipinski definition) is 6. The minimum absolute atomic E-state index is 0.0805. The first-order chi connectivity index (χ1) is 14.8. The molecule has 2 aliphatic heterocycles. The molecule has 5 rings (SSSR count). The lowest BCUT2D eigenvalue weighted by atomic mass is 10.1. The van der Waals surface area contributed by atoms with Gasteiger partial charge < -0.3 is 19.5 Å². The highest BCUT2D eigenvalue weighted by Gasteiger charge is 2.48. The Morgan fingerprint density at radius 1 is 1.00 bits per heavy atom. The Bertz CT molecular complexity index is 1000. The average Bonchev–Trinajstić information content (AvgIpc) is 3.36. The molecule has 0 radical (unpaired) electrons. The first kappa shape index (κ1) is 19.1. The van der Waals surface area contributed by atoms with Crippen molar-refractivity contribution in [2.45, 2.75) is 31.0 Å². The van der Waals surface area contributed by atoms with Gasteiger partial charge in [-0.3, -0.25) is 0 Å². The second-order valence-corrected chi connectivity index (χ2v) is 7.46. The summed E-state index contributed by atoms with van der Waals surface area (Å²) in [7, 11) is 0. The fourth-order valence-electron chi connectivity index (χ4n) is 3.91. The van der Waals surface area contributed by atoms with Crippen molar-refractivity contribution in [1.29, 1.82) is 0 Å². The predicted molar refractivity (Wildman–Crippen MR) is 109 cm³/mol. The van der Waals surface area contributed by atoms with Gasteiger partial charge in [0.1, 0.15) is 24.1 Å². The summed E-state index contributed by atoms with van der Waals surface area (Å²) in [6.45, 7) is 1.50. The van der Waals surface area contributed by atoms with Crippen LogP contribution in [0.1, 0.15) is 5.56 Å². The third-order valence-electron chi connectivity index (χ3n) is 5.41. The van der Waals surface area contributed by atoms with Crippen LogP contribution in [0.2, 0.25) is 0 Å². The van der Waals surface area contributed by atoms with Gasteiger partial charge in [0.25, 0.3) is 0 Å². The number of aromatic nitrogens is 2. The Hall–Kier alpha value is -2.87. The molecule has 0 spiro atoms. The number of rotatable bonds is 6. The third-order valence-corrected chi connectivity index (χ3v) is 5.41. The van der Waals surface area contributed by atoms with Crippen molar-refractivity contribution in [3.63, 3.8) is 0 Å². The van der Waals surface area contributed by atoms with Crippen LogP contribution in [0.15, 0.2) is 66.9 Å². The van der Waals surface area contributed by atoms with Crippen LogP contribution < -0.4 is 5.32 Å². The van der Waals surface area contributed by atoms with Crippen molar-refractivity contribution < 1.29 is 18.6 Å². The fraction of sp³-hybridized carbons (Fsp3) is 0.304. The molecule has 0 amide bonds. The van der Waals surface area contributed by atoms with E-state index in [-0.39, 0.29) is 30.2 Å². The molecule has 0 saturated carbocycles. The second kappa shape index (κ2) is 8.47. The Balaban J connectivity index is 1.23. The van der Waals surface area contributed by atoms with E-state index in [0.717, 1.165) is 5.56 Å². The van der Waals surface area contributed by atoms with E-state index in [1.54, 1.807) is 18.3 Å². The number of fused-ring (bicyclic) bond motifs is 1. The van der Waals surface area contributed by atoms with E-state index in [1.807, 2.05) is 36.4 Å². The molecule has 0 bridgehead atoms. The molecule has 4 atom stereocenters. The number of hydrogen-bond donors (Lipinski definition) is 1. The fourth-order valence-corrected chi connectivity index (χ4v) is 3.91. The zero-order valence-corrected chi connectivity index (χ0v) is 16.3. The maximum Gasteiger partial charge on any atom is 0.223 e. The molecule has 3 heterocycles. The molecule has 2 saturated heterocycles. The first-order valence-electron chi connectivity index (χ1n) is 10.0. The zero-order valence-electron chi connectivity index (χ0n) is 16.3. The van der Waals surface area contributed by atoms with Crippen molar-refractivity contribution in [3.05, 3.63) is 78.2 Å². The number of anilines is 1. The van der Waals surface area contributed by atoms with Gasteiger partial charge in [-0.2, -0.15) is 0 Å². The van der Waals surface area contributed by atoms with Crippen LogP contribution in [0.5, 0.6) is 0 Å². The summed E-state index contributed by atoms with van der Waals surface area (Å²) in [6, 6.07) is 18.1. The Morgan fingerprint density at radius 3 is 2.73 bits per heavy atom. The van der Waals surface area contributed by atoms with Gasteiger partial charge in [-0.25, -0.2) is 14.4 Å². The molecule has 1 N–H and O–H groups in total. The van der Waals surface area contributed by atoms with E-state index in [1.165, 1.54) is 12.1 Å². The molecule has 2 aliphatic rings. The third kappa shape index (κ3) is 4.05. The van der Waals surface area contributed by atoms with E-state index in [9.17, 15) is 4.39 Å². The average molecular weight is 407 g/mol. The summed E-state index contributed by atoms with van der Waals surface area (Å²) in [5.74, 6) is 0.164. The first-order valence-corrected chi connectivity index (χ1v) is 10.0. The molecule has 154 valence electrons. The molecular formula is C23H22FN3O3. The van der Waals surface area contributed by atoms with Crippen molar-refractivity contribution in [3.8, 4) is 11.3 Å². The van der Waals surface area contributed by atoms with Crippen LogP contribution in [0.25, 0.3) is 11.3 Å². The standard InChI is InChI=1S/C23H22FN3O3/c24-17-8-4-7-16(11-17)18-9-10-25-23(26-18)27-19-13-29-22-20(14-30-21(19)22)28-12-15-5-2-1-3-6-15/h1-11,19-22H,12-14H2,(H,25,26,27)/t19-,20+,21+,22+/m0/s1. The lowest BCUT2D eigenvalue weighted by molar-refractivity contribution is -0.0388. The van der Waals surface area contributed by atoms with Gasteiger partial charge in [0, 0.05) is 11.8 Å². The highest BCUT2D eigenvalue weighted by atomic mass is 19.1. The SMILES string of the molecule is Fc1cccc(-c2ccnc(N[C@H]3CO[C@H]4[C@@H]3OC[C@H]4OCc3ccccc3)n2)c1. The molecule has 0 aliphatic carbocycles. The minimum Gasteiger partial charge on any atom is -0.370 e. The van der Waals surface area contributed by atoms with Gasteiger partial charge in [-0.05, 0) is 23.8 Å². The molecule has 6 nitrogen and oxygen atoms in total. The summed E-state index contributed by atoms with van der Waals surface area (Å²) >= 11 is 0. The number of ether oxygens (including phenoxy) is 3. The van der Waals surface area contributed by atoms with Gasteiger partial charge in [0.05, 0.1) is 31.6 Å². The summed E-state index contributed by atoms with van der Waals surface area (Å²) < 4.78 is 31.5. The van der Waals surface area contributed by atoms with Gasteiger partial charge in [0.2, 0.25) is 5.95 Å². The summed E-state index contributed by atoms with van der Waals surface area (Å²) in [5.41, 5.74) is 2.47. The van der Waals surface area contributed by atoms with Crippen molar-refractivity contribution in [1.82, 2.24) is 9.97 Å². The molecule has 2 fully saturated rings. The molecule has 3 aromatic rings. The maximum atomic E-state index is 13.5. The quantitative estimate of drug-likeness (QED) is 0.675. The lowest BCUT2D eigenvalue weighted by Gasteiger charge is -2.18. The number of benzene rings is 2. The molecule has 2 aromatic carbocycles. The minimum atomic E-state index is -0.298. The number of halogens is 1. The summed E-state index contributed by atoms with van der Waals surface area (Å²) in [4.78, 5) is 8.83. The monoisotopic (exact) mass is 407 g/mol. The van der Waals surface area contributed by atoms with Crippen LogP contribution in [0.3, 0.4) is 0 Å². The lowest BCUT2D eigenvalue weighted by Crippen LogP contribution is -2.37. The Kier molecular flexibility index (Phi) is 5.40. The van der Waals surface area contributed by atoms with Crippen LogP contribution in [-0.4, -0.2) is 47.5 Å². The van der Waals surface area contributed by atoms with Crippen molar-refractivity contribution in [2.24, 2.45) is 0 Å². The van der Waals surface area contributed by atoms with Gasteiger partial charge in [-0.1, -0.05) is 42.5 Å². The molecule has 30 heavy (non-hydrogen) atoms. The van der Waals surface area contributed by atoms with Crippen molar-refractivity contribution in [2.75, 3.05) is 18.5 Å². The highest BCUT2D eigenvalue weighted by molar-refractivity contribution is 5.60. The molecule has 1 aromatic heterocycles. The molecular weight excluding hydrogens is 385 g/mol. The second-order valence-electron chi connectivity index (χ2n) is 7.46. The van der Waals surface area contributed by atoms with Crippen LogP contribution in [0.4, 0.5) is 10.3 Å². The smallest absolute Gasteiger partial charge is 0.223 e. The molecule has 0 unspecified atom stereocenters. The molecule has 7 heteroatoms. The van der Waals surface area contributed by atoms with Gasteiger partial charge >= 0.3 is 0 Å². The predicted octanol–water partition coefficient (Wildman–Crippen LogP) is 3.45. The normalized spacial score (nSPS) is 25.2. The zero-order chi connectivity index (χ0) is 20.3. The summed E-state index contributed by atoms with van der Waals surface area (Å²) in [5, 5.41) is 3.31. The van der Waals surface area contributed by atoms with E-state index in [0.29, 0.717) is 37.0 Å². The summed E-state index contributed by atoms with van der Waals surface area (Å²) in [6.07, 6.45) is 1.29. The largest absolute Gasteiger partial charge is 0.370 e. The van der Waals surface area contributed by atoms with E-state index < -0.39 is 0 Å². The van der Waals surface area contributed by atoms with E-state index in [2.05, 4.69) is 15.3 Å². The maximum absolute atomic E-state index is 13.5.